The van der Waals surface area contributed by atoms with Crippen molar-refractivity contribution in [3.05, 3.63) is 71.1 Å². The Bertz CT molecular complexity index is 982. The summed E-state index contributed by atoms with van der Waals surface area (Å²) in [5.74, 6) is 0.819. The molecule has 1 aliphatic rings. The number of carbonyl (C=O) groups excluding carboxylic acids is 1. The lowest BCUT2D eigenvalue weighted by atomic mass is 10.1. The minimum atomic E-state index is -0.429. The Kier molecular flexibility index (Phi) is 5.16. The third-order valence-electron chi connectivity index (χ3n) is 4.96. The monoisotopic (exact) mass is 376 g/mol. The molecule has 1 aromatic carbocycles. The Balaban J connectivity index is 1.61. The third kappa shape index (κ3) is 4.09. The zero-order valence-electron chi connectivity index (χ0n) is 16.0. The van der Waals surface area contributed by atoms with Gasteiger partial charge in [-0.05, 0) is 61.2 Å². The van der Waals surface area contributed by atoms with Crippen LogP contribution in [0.1, 0.15) is 34.8 Å². The van der Waals surface area contributed by atoms with Gasteiger partial charge in [0.1, 0.15) is 5.82 Å². The predicted molar refractivity (Wildman–Crippen MR) is 106 cm³/mol. The summed E-state index contributed by atoms with van der Waals surface area (Å²) in [6, 6.07) is 10.4. The van der Waals surface area contributed by atoms with E-state index >= 15 is 0 Å². The summed E-state index contributed by atoms with van der Waals surface area (Å²) < 4.78 is 1.84. The van der Waals surface area contributed by atoms with Crippen LogP contribution >= 0.6 is 0 Å². The van der Waals surface area contributed by atoms with Gasteiger partial charge >= 0.3 is 0 Å². The van der Waals surface area contributed by atoms with Crippen molar-refractivity contribution in [1.82, 2.24) is 24.6 Å². The summed E-state index contributed by atoms with van der Waals surface area (Å²) in [4.78, 5) is 22.3. The smallest absolute Gasteiger partial charge is 0.225 e. The van der Waals surface area contributed by atoms with E-state index in [2.05, 4.69) is 38.2 Å². The van der Waals surface area contributed by atoms with Gasteiger partial charge in [0, 0.05) is 18.9 Å². The Morgan fingerprint density at radius 3 is 2.86 bits per heavy atom. The lowest BCUT2D eigenvalue weighted by molar-refractivity contribution is -0.117. The van der Waals surface area contributed by atoms with E-state index in [4.69, 9.17) is 5.73 Å². The summed E-state index contributed by atoms with van der Waals surface area (Å²) >= 11 is 0. The van der Waals surface area contributed by atoms with Crippen molar-refractivity contribution in [1.29, 1.82) is 0 Å². The summed E-state index contributed by atoms with van der Waals surface area (Å²) in [7, 11) is 2.03. The number of hydrogen-bond acceptors (Lipinski definition) is 5. The number of amides is 1. The van der Waals surface area contributed by atoms with Crippen molar-refractivity contribution in [2.24, 2.45) is 5.73 Å². The topological polar surface area (TPSA) is 89.9 Å². The molecule has 4 rings (SSSR count). The number of carbonyl (C=O) groups is 1. The first-order valence-electron chi connectivity index (χ1n) is 9.51. The Morgan fingerprint density at radius 1 is 1.21 bits per heavy atom. The Labute approximate surface area is 164 Å². The molecule has 1 amide bonds. The fourth-order valence-electron chi connectivity index (χ4n) is 3.72. The summed E-state index contributed by atoms with van der Waals surface area (Å²) in [5.41, 5.74) is 10.3. The molecule has 28 heavy (non-hydrogen) atoms. The van der Waals surface area contributed by atoms with Crippen molar-refractivity contribution < 1.29 is 4.79 Å². The number of benzene rings is 1. The van der Waals surface area contributed by atoms with Crippen LogP contribution < -0.4 is 5.73 Å². The largest absolute Gasteiger partial charge is 0.369 e. The van der Waals surface area contributed by atoms with Crippen LogP contribution in [0.2, 0.25) is 0 Å². The first kappa shape index (κ1) is 18.3. The van der Waals surface area contributed by atoms with E-state index in [0.717, 1.165) is 36.5 Å². The molecule has 0 aliphatic heterocycles. The second-order valence-electron chi connectivity index (χ2n) is 7.34. The minimum Gasteiger partial charge on any atom is -0.369 e. The molecule has 1 aliphatic carbocycles. The SMILES string of the molecule is CN(Cc1cccnc1)Cc1nc(CC(N)=O)nn1-c1ccc2c(c1)CCC2. The maximum atomic E-state index is 11.4. The third-order valence-corrected chi connectivity index (χ3v) is 4.96. The minimum absolute atomic E-state index is 0.0389. The summed E-state index contributed by atoms with van der Waals surface area (Å²) in [6.07, 6.45) is 7.11. The maximum Gasteiger partial charge on any atom is 0.225 e. The van der Waals surface area contributed by atoms with Gasteiger partial charge in [0.15, 0.2) is 5.82 Å². The number of fused-ring (bicyclic) bond motifs is 1. The second-order valence-corrected chi connectivity index (χ2v) is 7.34. The quantitative estimate of drug-likeness (QED) is 0.679. The van der Waals surface area contributed by atoms with Crippen LogP contribution in [0.3, 0.4) is 0 Å². The Morgan fingerprint density at radius 2 is 2.07 bits per heavy atom. The molecule has 144 valence electrons. The van der Waals surface area contributed by atoms with Crippen molar-refractivity contribution in [2.75, 3.05) is 7.05 Å². The van der Waals surface area contributed by atoms with E-state index < -0.39 is 5.91 Å². The molecule has 0 bridgehead atoms. The number of aromatic nitrogens is 4. The van der Waals surface area contributed by atoms with Crippen LogP contribution in [0.4, 0.5) is 0 Å². The molecule has 0 saturated carbocycles. The molecule has 7 nitrogen and oxygen atoms in total. The van der Waals surface area contributed by atoms with Gasteiger partial charge in [-0.1, -0.05) is 12.1 Å². The molecule has 0 unspecified atom stereocenters. The van der Waals surface area contributed by atoms with Gasteiger partial charge in [-0.3, -0.25) is 14.7 Å². The first-order valence-corrected chi connectivity index (χ1v) is 9.51. The molecule has 0 fully saturated rings. The molecule has 2 N–H and O–H groups in total. The van der Waals surface area contributed by atoms with E-state index in [1.54, 1.807) is 6.20 Å². The van der Waals surface area contributed by atoms with Gasteiger partial charge < -0.3 is 5.73 Å². The van der Waals surface area contributed by atoms with Crippen LogP contribution in [0.5, 0.6) is 0 Å². The Hall–Kier alpha value is -3.06. The van der Waals surface area contributed by atoms with E-state index in [1.807, 2.05) is 30.1 Å². The highest BCUT2D eigenvalue weighted by Crippen LogP contribution is 2.25. The lowest BCUT2D eigenvalue weighted by Gasteiger charge is -2.16. The number of aryl methyl sites for hydroxylation is 2. The average Bonchev–Trinajstić information content (AvgIpc) is 3.28. The van der Waals surface area contributed by atoms with E-state index in [-0.39, 0.29) is 6.42 Å². The van der Waals surface area contributed by atoms with Gasteiger partial charge in [-0.15, -0.1) is 0 Å². The fourth-order valence-corrected chi connectivity index (χ4v) is 3.72. The molecule has 3 aromatic rings. The number of primary amides is 1. The lowest BCUT2D eigenvalue weighted by Crippen LogP contribution is -2.20. The number of pyridine rings is 1. The number of hydrogen-bond donors (Lipinski definition) is 1. The zero-order valence-corrected chi connectivity index (χ0v) is 16.0. The highest BCUT2D eigenvalue weighted by atomic mass is 16.1. The van der Waals surface area contributed by atoms with Crippen LogP contribution in [0, 0.1) is 0 Å². The molecule has 0 atom stereocenters. The molecule has 2 aromatic heterocycles. The number of rotatable bonds is 7. The van der Waals surface area contributed by atoms with Gasteiger partial charge in [0.2, 0.25) is 5.91 Å². The van der Waals surface area contributed by atoms with Gasteiger partial charge in [-0.25, -0.2) is 9.67 Å². The van der Waals surface area contributed by atoms with E-state index in [0.29, 0.717) is 12.4 Å². The molecule has 0 spiro atoms. The summed E-state index contributed by atoms with van der Waals surface area (Å²) in [5, 5.41) is 4.57. The standard InChI is InChI=1S/C21H24N6O/c1-26(13-15-4-3-9-23-12-15)14-21-24-20(11-19(22)28)25-27(21)18-8-7-16-5-2-6-17(16)10-18/h3-4,7-10,12H,2,5-6,11,13-14H2,1H3,(H2,22,28). The molecular formula is C21H24N6O. The maximum absolute atomic E-state index is 11.4. The van der Waals surface area contributed by atoms with Gasteiger partial charge in [0.25, 0.3) is 0 Å². The highest BCUT2D eigenvalue weighted by molar-refractivity contribution is 5.75. The molecular weight excluding hydrogens is 352 g/mol. The van der Waals surface area contributed by atoms with Crippen molar-refractivity contribution in [3.63, 3.8) is 0 Å². The zero-order chi connectivity index (χ0) is 19.5. The number of nitrogens with zero attached hydrogens (tertiary/aromatic N) is 5. The average molecular weight is 376 g/mol. The van der Waals surface area contributed by atoms with Crippen molar-refractivity contribution in [3.8, 4) is 5.69 Å². The molecule has 0 saturated heterocycles. The van der Waals surface area contributed by atoms with Gasteiger partial charge in [0.05, 0.1) is 18.7 Å². The fraction of sp³-hybridized carbons (Fsp3) is 0.333. The predicted octanol–water partition coefficient (Wildman–Crippen LogP) is 1.81. The molecule has 0 radical (unpaired) electrons. The highest BCUT2D eigenvalue weighted by Gasteiger charge is 2.17. The number of nitrogens with two attached hydrogens (primary N) is 1. The van der Waals surface area contributed by atoms with Crippen molar-refractivity contribution in [2.45, 2.75) is 38.8 Å². The van der Waals surface area contributed by atoms with Gasteiger partial charge in [-0.2, -0.15) is 5.10 Å². The molecule has 7 heteroatoms. The van der Waals surface area contributed by atoms with Crippen LogP contribution in [-0.4, -0.2) is 37.6 Å². The van der Waals surface area contributed by atoms with Crippen molar-refractivity contribution >= 4 is 5.91 Å². The van der Waals surface area contributed by atoms with E-state index in [1.165, 1.54) is 17.5 Å². The van der Waals surface area contributed by atoms with Crippen LogP contribution in [0.25, 0.3) is 5.69 Å². The van der Waals surface area contributed by atoms with Crippen LogP contribution in [0.15, 0.2) is 42.7 Å². The normalized spacial score (nSPS) is 13.1. The van der Waals surface area contributed by atoms with Crippen LogP contribution in [-0.2, 0) is 37.1 Å². The first-order chi connectivity index (χ1) is 13.6. The second kappa shape index (κ2) is 7.90. The molecule has 2 heterocycles. The van der Waals surface area contributed by atoms with E-state index in [9.17, 15) is 4.79 Å². The summed E-state index contributed by atoms with van der Waals surface area (Å²) in [6.45, 7) is 1.34.